The highest BCUT2D eigenvalue weighted by atomic mass is 16.6. The zero-order chi connectivity index (χ0) is 16.4. The van der Waals surface area contributed by atoms with Crippen LogP contribution in [-0.4, -0.2) is 16.6 Å². The van der Waals surface area contributed by atoms with E-state index in [1.54, 1.807) is 4.57 Å². The van der Waals surface area contributed by atoms with Crippen LogP contribution in [-0.2, 0) is 16.1 Å². The van der Waals surface area contributed by atoms with Gasteiger partial charge in [-0.25, -0.2) is 9.78 Å². The number of para-hydroxylation sites is 2. The van der Waals surface area contributed by atoms with E-state index in [0.717, 1.165) is 16.7 Å². The molecule has 0 saturated carbocycles. The summed E-state index contributed by atoms with van der Waals surface area (Å²) in [6.07, 6.45) is 3.63. The first kappa shape index (κ1) is 15.2. The number of esters is 1. The minimum Gasteiger partial charge on any atom is -0.455 e. The monoisotopic (exact) mass is 311 g/mol. The second kappa shape index (κ2) is 5.83. The first-order valence-electron chi connectivity index (χ1n) is 7.48. The van der Waals surface area contributed by atoms with Crippen molar-refractivity contribution < 1.29 is 18.5 Å². The van der Waals surface area contributed by atoms with Crippen LogP contribution in [0.25, 0.3) is 22.6 Å². The SMILES string of the molecule is CC(C)(C)OC(=O)C[n+]1ccc(-c2nc3ccccc3o2)cc1. The van der Waals surface area contributed by atoms with Crippen molar-refractivity contribution in [1.29, 1.82) is 0 Å². The molecule has 0 spiro atoms. The molecule has 0 atom stereocenters. The van der Waals surface area contributed by atoms with Gasteiger partial charge in [0.1, 0.15) is 11.1 Å². The first-order chi connectivity index (χ1) is 10.9. The standard InChI is InChI=1S/C18H19N2O3/c1-18(2,3)23-16(21)12-20-10-8-13(9-11-20)17-19-14-6-4-5-7-15(14)22-17/h4-11H,12H2,1-3H3/q+1. The molecule has 23 heavy (non-hydrogen) atoms. The topological polar surface area (TPSA) is 56.2 Å². The van der Waals surface area contributed by atoms with Gasteiger partial charge in [0.25, 0.3) is 0 Å². The van der Waals surface area contributed by atoms with Crippen molar-refractivity contribution in [2.75, 3.05) is 0 Å². The number of carbonyl (C=O) groups is 1. The number of benzene rings is 1. The Labute approximate surface area is 134 Å². The number of fused-ring (bicyclic) bond motifs is 1. The van der Waals surface area contributed by atoms with E-state index in [1.165, 1.54) is 0 Å². The van der Waals surface area contributed by atoms with Crippen LogP contribution in [0, 0.1) is 0 Å². The van der Waals surface area contributed by atoms with Crippen molar-refractivity contribution in [3.05, 3.63) is 48.8 Å². The lowest BCUT2D eigenvalue weighted by Crippen LogP contribution is -2.40. The van der Waals surface area contributed by atoms with Crippen LogP contribution in [0.5, 0.6) is 0 Å². The Balaban J connectivity index is 1.75. The van der Waals surface area contributed by atoms with Crippen molar-refractivity contribution in [1.82, 2.24) is 4.98 Å². The fraction of sp³-hybridized carbons (Fsp3) is 0.278. The molecule has 0 saturated heterocycles. The van der Waals surface area contributed by atoms with E-state index in [2.05, 4.69) is 4.98 Å². The lowest BCUT2D eigenvalue weighted by Gasteiger charge is -2.18. The average molecular weight is 311 g/mol. The largest absolute Gasteiger partial charge is 0.455 e. The normalized spacial score (nSPS) is 11.6. The lowest BCUT2D eigenvalue weighted by atomic mass is 10.2. The molecule has 3 aromatic rings. The number of rotatable bonds is 3. The summed E-state index contributed by atoms with van der Waals surface area (Å²) in [4.78, 5) is 16.3. The number of ether oxygens (including phenoxy) is 1. The second-order valence-electron chi connectivity index (χ2n) is 6.33. The summed E-state index contributed by atoms with van der Waals surface area (Å²) in [6, 6.07) is 11.4. The molecule has 0 amide bonds. The summed E-state index contributed by atoms with van der Waals surface area (Å²) in [5.41, 5.74) is 1.97. The zero-order valence-electron chi connectivity index (χ0n) is 13.4. The predicted octanol–water partition coefficient (Wildman–Crippen LogP) is 3.12. The molecule has 2 heterocycles. The van der Waals surface area contributed by atoms with Gasteiger partial charge in [0.2, 0.25) is 12.4 Å². The van der Waals surface area contributed by atoms with Gasteiger partial charge in [-0.1, -0.05) is 12.1 Å². The molecule has 0 aliphatic carbocycles. The number of hydrogen-bond donors (Lipinski definition) is 0. The molecule has 0 N–H and O–H groups in total. The maximum atomic E-state index is 11.8. The first-order valence-corrected chi connectivity index (χ1v) is 7.48. The highest BCUT2D eigenvalue weighted by Crippen LogP contribution is 2.22. The van der Waals surface area contributed by atoms with Gasteiger partial charge < -0.3 is 9.15 Å². The maximum absolute atomic E-state index is 11.8. The van der Waals surface area contributed by atoms with Crippen molar-refractivity contribution in [3.8, 4) is 11.5 Å². The van der Waals surface area contributed by atoms with Gasteiger partial charge >= 0.3 is 5.97 Å². The summed E-state index contributed by atoms with van der Waals surface area (Å²) in [5.74, 6) is 0.299. The molecule has 0 bridgehead atoms. The number of oxazole rings is 1. The minimum absolute atomic E-state index is 0.172. The number of aromatic nitrogens is 2. The van der Waals surface area contributed by atoms with Gasteiger partial charge in [-0.15, -0.1) is 0 Å². The molecule has 5 heteroatoms. The fourth-order valence-corrected chi connectivity index (χ4v) is 2.22. The maximum Gasteiger partial charge on any atom is 0.373 e. The highest BCUT2D eigenvalue weighted by molar-refractivity contribution is 5.75. The van der Waals surface area contributed by atoms with Crippen LogP contribution in [0.3, 0.4) is 0 Å². The number of hydrogen-bond acceptors (Lipinski definition) is 4. The molecule has 1 aromatic carbocycles. The van der Waals surface area contributed by atoms with Crippen LogP contribution in [0.15, 0.2) is 53.2 Å². The summed E-state index contributed by atoms with van der Waals surface area (Å²) in [7, 11) is 0. The summed E-state index contributed by atoms with van der Waals surface area (Å²) in [6.45, 7) is 5.73. The van der Waals surface area contributed by atoms with E-state index in [9.17, 15) is 4.79 Å². The fourth-order valence-electron chi connectivity index (χ4n) is 2.22. The Morgan fingerprint density at radius 2 is 1.87 bits per heavy atom. The summed E-state index contributed by atoms with van der Waals surface area (Å²) < 4.78 is 12.8. The zero-order valence-corrected chi connectivity index (χ0v) is 13.4. The van der Waals surface area contributed by atoms with Gasteiger partial charge in [0.05, 0.1) is 0 Å². The molecular formula is C18H19N2O3+. The quantitative estimate of drug-likeness (QED) is 0.551. The minimum atomic E-state index is -0.476. The molecule has 0 aliphatic rings. The smallest absolute Gasteiger partial charge is 0.373 e. The number of nitrogens with zero attached hydrogens (tertiary/aromatic N) is 2. The third-order valence-corrected chi connectivity index (χ3v) is 3.16. The molecule has 0 aliphatic heterocycles. The van der Waals surface area contributed by atoms with Crippen molar-refractivity contribution in [2.45, 2.75) is 32.9 Å². The van der Waals surface area contributed by atoms with Gasteiger partial charge in [0.15, 0.2) is 18.0 Å². The van der Waals surface area contributed by atoms with Crippen LogP contribution in [0.1, 0.15) is 20.8 Å². The molecule has 3 rings (SSSR count). The van der Waals surface area contributed by atoms with E-state index >= 15 is 0 Å². The number of pyridine rings is 1. The molecule has 0 unspecified atom stereocenters. The second-order valence-corrected chi connectivity index (χ2v) is 6.33. The Morgan fingerprint density at radius 3 is 2.52 bits per heavy atom. The van der Waals surface area contributed by atoms with E-state index in [-0.39, 0.29) is 12.5 Å². The third kappa shape index (κ3) is 3.74. The molecule has 0 fully saturated rings. The average Bonchev–Trinajstić information content (AvgIpc) is 2.89. The van der Waals surface area contributed by atoms with Crippen LogP contribution >= 0.6 is 0 Å². The molecule has 2 aromatic heterocycles. The third-order valence-electron chi connectivity index (χ3n) is 3.16. The number of carbonyl (C=O) groups excluding carboxylic acids is 1. The predicted molar refractivity (Wildman–Crippen MR) is 85.5 cm³/mol. The van der Waals surface area contributed by atoms with Gasteiger partial charge in [-0.3, -0.25) is 0 Å². The van der Waals surface area contributed by atoms with Crippen molar-refractivity contribution in [3.63, 3.8) is 0 Å². The molecule has 0 radical (unpaired) electrons. The van der Waals surface area contributed by atoms with E-state index < -0.39 is 5.60 Å². The van der Waals surface area contributed by atoms with Crippen molar-refractivity contribution in [2.24, 2.45) is 0 Å². The Morgan fingerprint density at radius 1 is 1.17 bits per heavy atom. The molecular weight excluding hydrogens is 292 g/mol. The van der Waals surface area contributed by atoms with E-state index in [4.69, 9.17) is 9.15 Å². The van der Waals surface area contributed by atoms with Crippen LogP contribution in [0.2, 0.25) is 0 Å². The Hall–Kier alpha value is -2.69. The summed E-state index contributed by atoms with van der Waals surface area (Å²) in [5, 5.41) is 0. The van der Waals surface area contributed by atoms with E-state index in [1.807, 2.05) is 69.6 Å². The van der Waals surface area contributed by atoms with Crippen LogP contribution in [0.4, 0.5) is 0 Å². The van der Waals surface area contributed by atoms with Gasteiger partial charge in [-0.2, -0.15) is 4.57 Å². The molecule has 5 nitrogen and oxygen atoms in total. The summed E-state index contributed by atoms with van der Waals surface area (Å²) >= 11 is 0. The van der Waals surface area contributed by atoms with Gasteiger partial charge in [0, 0.05) is 17.7 Å². The highest BCUT2D eigenvalue weighted by Gasteiger charge is 2.19. The molecule has 118 valence electrons. The van der Waals surface area contributed by atoms with E-state index in [0.29, 0.717) is 5.89 Å². The Kier molecular flexibility index (Phi) is 3.86. The van der Waals surface area contributed by atoms with Crippen LogP contribution < -0.4 is 4.57 Å². The van der Waals surface area contributed by atoms with Gasteiger partial charge in [-0.05, 0) is 32.9 Å². The Bertz CT molecular complexity index is 796. The lowest BCUT2D eigenvalue weighted by molar-refractivity contribution is -0.686. The van der Waals surface area contributed by atoms with Crippen molar-refractivity contribution >= 4 is 17.1 Å².